The lowest BCUT2D eigenvalue weighted by molar-refractivity contribution is -0.149. The number of carbonyl (C=O) groups is 2. The van der Waals surface area contributed by atoms with Crippen molar-refractivity contribution in [1.29, 1.82) is 0 Å². The van der Waals surface area contributed by atoms with Crippen molar-refractivity contribution in [2.24, 2.45) is 5.92 Å². The highest BCUT2D eigenvalue weighted by Gasteiger charge is 2.28. The average Bonchev–Trinajstić information content (AvgIpc) is 2.65. The zero-order chi connectivity index (χ0) is 17.8. The number of ether oxygens (including phenoxy) is 2. The van der Waals surface area contributed by atoms with Crippen LogP contribution in [-0.4, -0.2) is 48.6 Å². The highest BCUT2D eigenvalue weighted by Crippen LogP contribution is 2.24. The first-order valence-corrected chi connectivity index (χ1v) is 8.43. The maximum atomic E-state index is 12.4. The molecule has 3 rings (SSSR count). The van der Waals surface area contributed by atoms with Crippen LogP contribution in [0.3, 0.4) is 0 Å². The zero-order valence-corrected chi connectivity index (χ0v) is 14.5. The predicted molar refractivity (Wildman–Crippen MR) is 93.3 cm³/mol. The van der Waals surface area contributed by atoms with Crippen LogP contribution in [0.2, 0.25) is 0 Å². The molecule has 1 saturated heterocycles. The molecule has 1 aliphatic heterocycles. The smallest absolute Gasteiger partial charge is 0.308 e. The molecule has 1 amide bonds. The van der Waals surface area contributed by atoms with Crippen molar-refractivity contribution in [2.45, 2.75) is 19.8 Å². The number of esters is 1. The molecule has 0 aliphatic carbocycles. The van der Waals surface area contributed by atoms with Gasteiger partial charge in [0.1, 0.15) is 11.3 Å². The third kappa shape index (κ3) is 3.90. The maximum Gasteiger partial charge on any atom is 0.308 e. The summed E-state index contributed by atoms with van der Waals surface area (Å²) in [6, 6.07) is 9.62. The molecule has 2 heterocycles. The van der Waals surface area contributed by atoms with Gasteiger partial charge in [-0.15, -0.1) is 0 Å². The fourth-order valence-electron chi connectivity index (χ4n) is 3.10. The first kappa shape index (κ1) is 17.2. The Bertz CT molecular complexity index is 782. The van der Waals surface area contributed by atoms with Crippen LogP contribution in [0.1, 0.15) is 18.5 Å². The number of piperidine rings is 1. The summed E-state index contributed by atoms with van der Waals surface area (Å²) in [6.07, 6.45) is 1.26. The number of carbonyl (C=O) groups excluding carboxylic acids is 2. The van der Waals surface area contributed by atoms with Crippen LogP contribution in [0.4, 0.5) is 0 Å². The summed E-state index contributed by atoms with van der Waals surface area (Å²) < 4.78 is 10.5. The number of methoxy groups -OCH3 is 1. The molecule has 1 fully saturated rings. The molecule has 0 bridgehead atoms. The quantitative estimate of drug-likeness (QED) is 0.798. The molecule has 1 aromatic heterocycles. The van der Waals surface area contributed by atoms with E-state index in [1.54, 1.807) is 4.90 Å². The molecule has 2 aromatic rings. The van der Waals surface area contributed by atoms with Crippen LogP contribution < -0.4 is 4.74 Å². The van der Waals surface area contributed by atoms with Crippen molar-refractivity contribution in [3.63, 3.8) is 0 Å². The second kappa shape index (κ2) is 7.51. The minimum atomic E-state index is -0.194. The van der Waals surface area contributed by atoms with Crippen molar-refractivity contribution in [2.75, 3.05) is 26.8 Å². The van der Waals surface area contributed by atoms with E-state index in [9.17, 15) is 9.59 Å². The van der Waals surface area contributed by atoms with Crippen molar-refractivity contribution >= 4 is 22.8 Å². The van der Waals surface area contributed by atoms with Gasteiger partial charge in [0.15, 0.2) is 6.61 Å². The topological polar surface area (TPSA) is 68.7 Å². The van der Waals surface area contributed by atoms with Crippen LogP contribution in [-0.2, 0) is 14.3 Å². The summed E-state index contributed by atoms with van der Waals surface area (Å²) in [5, 5.41) is 0.981. The first-order chi connectivity index (χ1) is 12.1. The van der Waals surface area contributed by atoms with Crippen LogP contribution in [0.5, 0.6) is 5.75 Å². The lowest BCUT2D eigenvalue weighted by Gasteiger charge is -2.30. The SMILES string of the molecule is COC(=O)C1CCN(C(=O)COc2cccc3ccc(C)nc23)CC1. The summed E-state index contributed by atoms with van der Waals surface area (Å²) >= 11 is 0. The summed E-state index contributed by atoms with van der Waals surface area (Å²) in [7, 11) is 1.40. The van der Waals surface area contributed by atoms with Crippen molar-refractivity contribution in [1.82, 2.24) is 9.88 Å². The van der Waals surface area contributed by atoms with Gasteiger partial charge in [-0.1, -0.05) is 18.2 Å². The van der Waals surface area contributed by atoms with Crippen molar-refractivity contribution in [3.8, 4) is 5.75 Å². The third-order valence-corrected chi connectivity index (χ3v) is 4.56. The lowest BCUT2D eigenvalue weighted by Crippen LogP contribution is -2.42. The molecule has 6 heteroatoms. The molecular formula is C19H22N2O4. The summed E-state index contributed by atoms with van der Waals surface area (Å²) in [6.45, 7) is 2.99. The van der Waals surface area contributed by atoms with Gasteiger partial charge in [-0.2, -0.15) is 0 Å². The predicted octanol–water partition coefficient (Wildman–Crippen LogP) is 2.33. The number of rotatable bonds is 4. The molecule has 1 aliphatic rings. The Morgan fingerprint density at radius 1 is 1.20 bits per heavy atom. The normalized spacial score (nSPS) is 15.2. The number of likely N-dealkylation sites (tertiary alicyclic amines) is 1. The van der Waals surface area contributed by atoms with Gasteiger partial charge in [0.05, 0.1) is 13.0 Å². The van der Waals surface area contributed by atoms with Gasteiger partial charge >= 0.3 is 5.97 Å². The van der Waals surface area contributed by atoms with Crippen molar-refractivity contribution in [3.05, 3.63) is 36.0 Å². The van der Waals surface area contributed by atoms with E-state index in [1.807, 2.05) is 37.3 Å². The number of aryl methyl sites for hydroxylation is 1. The van der Waals surface area contributed by atoms with Crippen LogP contribution >= 0.6 is 0 Å². The Labute approximate surface area is 146 Å². The van der Waals surface area contributed by atoms with E-state index in [4.69, 9.17) is 9.47 Å². The van der Waals surface area contributed by atoms with Crippen LogP contribution in [0.15, 0.2) is 30.3 Å². The highest BCUT2D eigenvalue weighted by atomic mass is 16.5. The van der Waals surface area contributed by atoms with Gasteiger partial charge in [0.25, 0.3) is 5.91 Å². The van der Waals surface area contributed by atoms with Crippen LogP contribution in [0, 0.1) is 12.8 Å². The Morgan fingerprint density at radius 2 is 1.96 bits per heavy atom. The third-order valence-electron chi connectivity index (χ3n) is 4.56. The van der Waals surface area contributed by atoms with Gasteiger partial charge < -0.3 is 14.4 Å². The number of hydrogen-bond acceptors (Lipinski definition) is 5. The van der Waals surface area contributed by atoms with E-state index in [-0.39, 0.29) is 24.4 Å². The minimum Gasteiger partial charge on any atom is -0.481 e. The Hall–Kier alpha value is -2.63. The van der Waals surface area contributed by atoms with Gasteiger partial charge in [-0.05, 0) is 31.9 Å². The van der Waals surface area contributed by atoms with Gasteiger partial charge in [0.2, 0.25) is 0 Å². The molecule has 0 saturated carbocycles. The standard InChI is InChI=1S/C19H22N2O4/c1-13-6-7-14-4-3-5-16(18(14)20-13)25-12-17(22)21-10-8-15(9-11-21)19(23)24-2/h3-7,15H,8-12H2,1-2H3. The largest absolute Gasteiger partial charge is 0.481 e. The molecule has 0 N–H and O–H groups in total. The minimum absolute atomic E-state index is 0.0301. The van der Waals surface area contributed by atoms with E-state index < -0.39 is 0 Å². The van der Waals surface area contributed by atoms with Crippen LogP contribution in [0.25, 0.3) is 10.9 Å². The summed E-state index contributed by atoms with van der Waals surface area (Å²) in [5.74, 6) is 0.229. The second-order valence-electron chi connectivity index (χ2n) is 6.25. The molecule has 0 radical (unpaired) electrons. The molecule has 6 nitrogen and oxygen atoms in total. The zero-order valence-electron chi connectivity index (χ0n) is 14.5. The van der Waals surface area contributed by atoms with Gasteiger partial charge in [-0.3, -0.25) is 9.59 Å². The fraction of sp³-hybridized carbons (Fsp3) is 0.421. The van der Waals surface area contributed by atoms with Crippen molar-refractivity contribution < 1.29 is 19.1 Å². The fourth-order valence-corrected chi connectivity index (χ4v) is 3.10. The van der Waals surface area contributed by atoms with Gasteiger partial charge in [-0.25, -0.2) is 4.98 Å². The van der Waals surface area contributed by atoms with E-state index in [2.05, 4.69) is 4.98 Å². The number of nitrogens with zero attached hydrogens (tertiary/aromatic N) is 2. The highest BCUT2D eigenvalue weighted by molar-refractivity contribution is 5.85. The Morgan fingerprint density at radius 3 is 2.68 bits per heavy atom. The molecule has 1 aromatic carbocycles. The number of hydrogen-bond donors (Lipinski definition) is 0. The molecular weight excluding hydrogens is 320 g/mol. The summed E-state index contributed by atoms with van der Waals surface area (Å²) in [4.78, 5) is 30.2. The average molecular weight is 342 g/mol. The maximum absolute atomic E-state index is 12.4. The second-order valence-corrected chi connectivity index (χ2v) is 6.25. The number of fused-ring (bicyclic) bond motifs is 1. The molecule has 0 unspecified atom stereocenters. The number of para-hydroxylation sites is 1. The number of aromatic nitrogens is 1. The number of pyridine rings is 1. The van der Waals surface area contributed by atoms with E-state index in [0.717, 1.165) is 16.6 Å². The van der Waals surface area contributed by atoms with E-state index in [0.29, 0.717) is 31.7 Å². The van der Waals surface area contributed by atoms with E-state index >= 15 is 0 Å². The molecule has 132 valence electrons. The molecule has 0 spiro atoms. The lowest BCUT2D eigenvalue weighted by atomic mass is 9.97. The van der Waals surface area contributed by atoms with Gasteiger partial charge in [0, 0.05) is 24.2 Å². The number of benzene rings is 1. The Balaban J connectivity index is 1.60. The molecule has 25 heavy (non-hydrogen) atoms. The first-order valence-electron chi connectivity index (χ1n) is 8.43. The summed E-state index contributed by atoms with van der Waals surface area (Å²) in [5.41, 5.74) is 1.67. The van der Waals surface area contributed by atoms with E-state index in [1.165, 1.54) is 7.11 Å². The molecule has 0 atom stereocenters. The Kier molecular flexibility index (Phi) is 5.16. The number of amides is 1. The monoisotopic (exact) mass is 342 g/mol.